The minimum Gasteiger partial charge on any atom is -0.392 e. The summed E-state index contributed by atoms with van der Waals surface area (Å²) in [5.41, 5.74) is 0.894. The van der Waals surface area contributed by atoms with Crippen LogP contribution in [0.2, 0.25) is 0 Å². The van der Waals surface area contributed by atoms with Gasteiger partial charge in [-0.25, -0.2) is 0 Å². The van der Waals surface area contributed by atoms with Gasteiger partial charge in [-0.1, -0.05) is 33.2 Å². The Morgan fingerprint density at radius 2 is 2.22 bits per heavy atom. The van der Waals surface area contributed by atoms with Gasteiger partial charge in [0.15, 0.2) is 0 Å². The average Bonchev–Trinajstić information content (AvgIpc) is 2.98. The minimum absolute atomic E-state index is 0.0521. The number of β-amino-alcohol motifs (C(OH)–C–C–N with tert-alkyl or cyclic N) is 1. The summed E-state index contributed by atoms with van der Waals surface area (Å²) < 4.78 is 6.18. The van der Waals surface area contributed by atoms with Crippen molar-refractivity contribution in [1.82, 2.24) is 15.5 Å². The molecule has 1 aromatic carbocycles. The molecule has 0 saturated carbocycles. The van der Waals surface area contributed by atoms with Gasteiger partial charge in [0.2, 0.25) is 11.7 Å². The molecule has 0 aliphatic carbocycles. The molecule has 2 N–H and O–H groups in total. The Hall–Kier alpha value is -1.24. The van der Waals surface area contributed by atoms with E-state index in [0.717, 1.165) is 10.0 Å². The Labute approximate surface area is 112 Å². The third kappa shape index (κ3) is 2.19. The van der Waals surface area contributed by atoms with Crippen LogP contribution in [0, 0.1) is 0 Å². The highest BCUT2D eigenvalue weighted by Crippen LogP contribution is 2.28. The van der Waals surface area contributed by atoms with Crippen LogP contribution in [0.4, 0.5) is 0 Å². The van der Waals surface area contributed by atoms with E-state index in [-0.39, 0.29) is 12.1 Å². The number of aliphatic hydroxyl groups is 1. The van der Waals surface area contributed by atoms with Crippen LogP contribution in [-0.4, -0.2) is 27.9 Å². The SMILES string of the molecule is O[C@H]1CN[C@@H](c2nc(-c3ccccc3Br)no2)C1. The molecule has 2 heterocycles. The molecule has 1 aliphatic rings. The summed E-state index contributed by atoms with van der Waals surface area (Å²) in [4.78, 5) is 4.38. The summed E-state index contributed by atoms with van der Waals surface area (Å²) in [6.45, 7) is 0.567. The van der Waals surface area contributed by atoms with Gasteiger partial charge in [0.1, 0.15) is 0 Å². The van der Waals surface area contributed by atoms with E-state index >= 15 is 0 Å². The first-order valence-corrected chi connectivity index (χ1v) is 6.53. The first kappa shape index (κ1) is 11.8. The zero-order chi connectivity index (χ0) is 12.5. The molecule has 2 atom stereocenters. The highest BCUT2D eigenvalue weighted by Gasteiger charge is 2.28. The summed E-state index contributed by atoms with van der Waals surface area (Å²) in [5.74, 6) is 1.08. The fourth-order valence-electron chi connectivity index (χ4n) is 2.03. The number of halogens is 1. The molecule has 1 aromatic heterocycles. The predicted molar refractivity (Wildman–Crippen MR) is 68.8 cm³/mol. The number of nitrogens with zero attached hydrogens (tertiary/aromatic N) is 2. The smallest absolute Gasteiger partial charge is 0.244 e. The molecular weight excluding hydrogens is 298 g/mol. The standard InChI is InChI=1S/C12H12BrN3O2/c13-9-4-2-1-3-8(9)11-15-12(18-16-11)10-5-7(17)6-14-10/h1-4,7,10,14,17H,5-6H2/t7-,10-/m1/s1. The normalized spacial score (nSPS) is 23.4. The molecule has 6 heteroatoms. The Kier molecular flexibility index (Phi) is 3.15. The molecule has 1 fully saturated rings. The fourth-order valence-corrected chi connectivity index (χ4v) is 2.50. The fraction of sp³-hybridized carbons (Fsp3) is 0.333. The van der Waals surface area contributed by atoms with E-state index in [1.165, 1.54) is 0 Å². The van der Waals surface area contributed by atoms with Crippen molar-refractivity contribution < 1.29 is 9.63 Å². The number of hydrogen-bond acceptors (Lipinski definition) is 5. The molecule has 0 bridgehead atoms. The van der Waals surface area contributed by atoms with Crippen molar-refractivity contribution in [2.45, 2.75) is 18.6 Å². The molecule has 1 aliphatic heterocycles. The van der Waals surface area contributed by atoms with Crippen LogP contribution in [0.25, 0.3) is 11.4 Å². The van der Waals surface area contributed by atoms with E-state index in [2.05, 4.69) is 31.4 Å². The van der Waals surface area contributed by atoms with Gasteiger partial charge in [0.05, 0.1) is 12.1 Å². The maximum atomic E-state index is 9.47. The van der Waals surface area contributed by atoms with Gasteiger partial charge in [-0.2, -0.15) is 4.98 Å². The molecule has 3 rings (SSSR count). The van der Waals surface area contributed by atoms with Gasteiger partial charge < -0.3 is 14.9 Å². The van der Waals surface area contributed by atoms with Crippen molar-refractivity contribution in [3.63, 3.8) is 0 Å². The molecule has 0 spiro atoms. The predicted octanol–water partition coefficient (Wildman–Crippen LogP) is 1.89. The largest absolute Gasteiger partial charge is 0.392 e. The molecule has 1 saturated heterocycles. The topological polar surface area (TPSA) is 71.2 Å². The van der Waals surface area contributed by atoms with Crippen LogP contribution < -0.4 is 5.32 Å². The van der Waals surface area contributed by atoms with E-state index in [0.29, 0.717) is 24.7 Å². The third-order valence-corrected chi connectivity index (χ3v) is 3.65. The van der Waals surface area contributed by atoms with E-state index in [9.17, 15) is 5.11 Å². The van der Waals surface area contributed by atoms with Gasteiger partial charge in [-0.3, -0.25) is 0 Å². The van der Waals surface area contributed by atoms with E-state index in [1.807, 2.05) is 24.3 Å². The zero-order valence-electron chi connectivity index (χ0n) is 9.51. The lowest BCUT2D eigenvalue weighted by Crippen LogP contribution is -2.15. The first-order valence-electron chi connectivity index (χ1n) is 5.74. The monoisotopic (exact) mass is 309 g/mol. The zero-order valence-corrected chi connectivity index (χ0v) is 11.1. The lowest BCUT2D eigenvalue weighted by molar-refractivity contribution is 0.191. The molecule has 2 aromatic rings. The van der Waals surface area contributed by atoms with Crippen molar-refractivity contribution >= 4 is 15.9 Å². The van der Waals surface area contributed by atoms with Crippen molar-refractivity contribution in [2.24, 2.45) is 0 Å². The van der Waals surface area contributed by atoms with Crippen LogP contribution in [0.5, 0.6) is 0 Å². The second kappa shape index (κ2) is 4.79. The number of rotatable bonds is 2. The highest BCUT2D eigenvalue weighted by molar-refractivity contribution is 9.10. The highest BCUT2D eigenvalue weighted by atomic mass is 79.9. The molecule has 5 nitrogen and oxygen atoms in total. The third-order valence-electron chi connectivity index (χ3n) is 2.96. The maximum absolute atomic E-state index is 9.47. The number of hydrogen-bond donors (Lipinski definition) is 2. The molecule has 94 valence electrons. The van der Waals surface area contributed by atoms with Crippen LogP contribution in [0.1, 0.15) is 18.4 Å². The van der Waals surface area contributed by atoms with E-state index < -0.39 is 0 Å². The van der Waals surface area contributed by atoms with Crippen molar-refractivity contribution in [2.75, 3.05) is 6.54 Å². The van der Waals surface area contributed by atoms with Gasteiger partial charge in [0.25, 0.3) is 0 Å². The number of benzene rings is 1. The van der Waals surface area contributed by atoms with Gasteiger partial charge in [-0.15, -0.1) is 0 Å². The van der Waals surface area contributed by atoms with E-state index in [1.54, 1.807) is 0 Å². The average molecular weight is 310 g/mol. The number of aromatic nitrogens is 2. The van der Waals surface area contributed by atoms with Gasteiger partial charge in [0, 0.05) is 16.6 Å². The Morgan fingerprint density at radius 1 is 1.39 bits per heavy atom. The molecule has 0 unspecified atom stereocenters. The Morgan fingerprint density at radius 3 is 2.94 bits per heavy atom. The van der Waals surface area contributed by atoms with Crippen molar-refractivity contribution in [3.05, 3.63) is 34.6 Å². The van der Waals surface area contributed by atoms with E-state index in [4.69, 9.17) is 4.52 Å². The number of nitrogens with one attached hydrogen (secondary N) is 1. The van der Waals surface area contributed by atoms with Gasteiger partial charge >= 0.3 is 0 Å². The maximum Gasteiger partial charge on any atom is 0.244 e. The summed E-state index contributed by atoms with van der Waals surface area (Å²) in [6.07, 6.45) is 0.270. The second-order valence-electron chi connectivity index (χ2n) is 4.29. The quantitative estimate of drug-likeness (QED) is 0.886. The summed E-state index contributed by atoms with van der Waals surface area (Å²) in [5, 5.41) is 16.6. The first-order chi connectivity index (χ1) is 8.74. The lowest BCUT2D eigenvalue weighted by Gasteiger charge is -2.01. The molecule has 18 heavy (non-hydrogen) atoms. The van der Waals surface area contributed by atoms with Crippen LogP contribution in [0.15, 0.2) is 33.3 Å². The molecular formula is C12H12BrN3O2. The second-order valence-corrected chi connectivity index (χ2v) is 5.14. The summed E-state index contributed by atoms with van der Waals surface area (Å²) >= 11 is 3.46. The van der Waals surface area contributed by atoms with Crippen LogP contribution >= 0.6 is 15.9 Å². The number of aliphatic hydroxyl groups excluding tert-OH is 1. The molecule has 0 radical (unpaired) electrons. The van der Waals surface area contributed by atoms with Crippen LogP contribution in [-0.2, 0) is 0 Å². The lowest BCUT2D eigenvalue weighted by atomic mass is 10.2. The Balaban J connectivity index is 1.88. The Bertz CT molecular complexity index is 558. The molecule has 0 amide bonds. The summed E-state index contributed by atoms with van der Waals surface area (Å²) in [6, 6.07) is 7.67. The summed E-state index contributed by atoms with van der Waals surface area (Å²) in [7, 11) is 0. The van der Waals surface area contributed by atoms with Crippen molar-refractivity contribution in [3.8, 4) is 11.4 Å². The van der Waals surface area contributed by atoms with Crippen LogP contribution in [0.3, 0.4) is 0 Å². The van der Waals surface area contributed by atoms with Crippen molar-refractivity contribution in [1.29, 1.82) is 0 Å². The minimum atomic E-state index is -0.339. The van der Waals surface area contributed by atoms with Gasteiger partial charge in [-0.05, 0) is 18.6 Å².